The lowest BCUT2D eigenvalue weighted by Crippen LogP contribution is -2.27. The molecule has 2 rings (SSSR count). The number of hydrogen-bond acceptors (Lipinski definition) is 2. The first-order valence-corrected chi connectivity index (χ1v) is 6.11. The molecule has 0 fully saturated rings. The predicted molar refractivity (Wildman–Crippen MR) is 70.5 cm³/mol. The van der Waals surface area contributed by atoms with Gasteiger partial charge in [0.2, 0.25) is 0 Å². The van der Waals surface area contributed by atoms with Crippen LogP contribution in [0, 0.1) is 6.92 Å². The average molecular weight is 279 g/mol. The van der Waals surface area contributed by atoms with Crippen LogP contribution in [0.4, 0.5) is 8.78 Å². The minimum Gasteiger partial charge on any atom is -0.334 e. The summed E-state index contributed by atoms with van der Waals surface area (Å²) in [7, 11) is 1.56. The van der Waals surface area contributed by atoms with E-state index >= 15 is 0 Å². The number of benzene rings is 1. The molecule has 2 aromatic rings. The molecule has 1 aromatic heterocycles. The van der Waals surface area contributed by atoms with Crippen LogP contribution in [0.25, 0.3) is 0 Å². The largest absolute Gasteiger partial charge is 0.334 e. The van der Waals surface area contributed by atoms with Crippen molar-refractivity contribution in [3.05, 3.63) is 53.6 Å². The van der Waals surface area contributed by atoms with Gasteiger partial charge in [-0.3, -0.25) is 9.36 Å². The fourth-order valence-corrected chi connectivity index (χ4v) is 1.93. The second kappa shape index (κ2) is 5.81. The lowest BCUT2D eigenvalue weighted by Gasteiger charge is -2.17. The highest BCUT2D eigenvalue weighted by Crippen LogP contribution is 2.15. The van der Waals surface area contributed by atoms with Gasteiger partial charge in [0.05, 0.1) is 6.54 Å². The molecule has 6 heteroatoms. The van der Waals surface area contributed by atoms with Crippen LogP contribution in [-0.2, 0) is 6.54 Å². The first-order valence-electron chi connectivity index (χ1n) is 6.11. The zero-order chi connectivity index (χ0) is 14.7. The Hall–Kier alpha value is -2.24. The van der Waals surface area contributed by atoms with Gasteiger partial charge in [-0.25, -0.2) is 4.98 Å². The Morgan fingerprint density at radius 2 is 2.20 bits per heavy atom. The first kappa shape index (κ1) is 14.2. The minimum absolute atomic E-state index is 0.0319. The van der Waals surface area contributed by atoms with Crippen LogP contribution in [0.1, 0.15) is 28.3 Å². The average Bonchev–Trinajstić information content (AvgIpc) is 2.86. The van der Waals surface area contributed by atoms with Crippen LogP contribution in [0.5, 0.6) is 0 Å². The molecule has 0 N–H and O–H groups in total. The van der Waals surface area contributed by atoms with Crippen molar-refractivity contribution in [3.8, 4) is 0 Å². The van der Waals surface area contributed by atoms with Crippen LogP contribution in [0.2, 0.25) is 0 Å². The van der Waals surface area contributed by atoms with Gasteiger partial charge in [-0.15, -0.1) is 0 Å². The maximum atomic E-state index is 12.7. The maximum absolute atomic E-state index is 12.7. The summed E-state index contributed by atoms with van der Waals surface area (Å²) >= 11 is 0. The highest BCUT2D eigenvalue weighted by atomic mass is 19.3. The van der Waals surface area contributed by atoms with Crippen LogP contribution in [0.15, 0.2) is 36.7 Å². The van der Waals surface area contributed by atoms with Crippen LogP contribution >= 0.6 is 0 Å². The molecular formula is C14H15F2N3O. The molecule has 0 saturated heterocycles. The molecule has 0 unspecified atom stereocenters. The number of aromatic nitrogens is 2. The zero-order valence-corrected chi connectivity index (χ0v) is 11.3. The molecule has 20 heavy (non-hydrogen) atoms. The molecule has 1 aromatic carbocycles. The van der Waals surface area contributed by atoms with Gasteiger partial charge in [0.15, 0.2) is 0 Å². The van der Waals surface area contributed by atoms with E-state index in [1.54, 1.807) is 25.2 Å². The molecule has 4 nitrogen and oxygen atoms in total. The highest BCUT2D eigenvalue weighted by Gasteiger charge is 2.17. The van der Waals surface area contributed by atoms with E-state index in [9.17, 15) is 13.6 Å². The number of carbonyl (C=O) groups is 1. The Morgan fingerprint density at radius 3 is 2.85 bits per heavy atom. The minimum atomic E-state index is -2.66. The summed E-state index contributed by atoms with van der Waals surface area (Å²) in [5.41, 5.74) is 1.50. The van der Waals surface area contributed by atoms with E-state index in [0.29, 0.717) is 5.56 Å². The van der Waals surface area contributed by atoms with E-state index in [1.807, 2.05) is 13.0 Å². The van der Waals surface area contributed by atoms with Crippen molar-refractivity contribution in [3.63, 3.8) is 0 Å². The Labute approximate surface area is 115 Å². The standard InChI is InChI=1S/C14H15F2N3O/c1-10-4-3-5-11(8-10)13(20)18(2)9-12-17-6-7-19(12)14(15)16/h3-8,14H,9H2,1-2H3. The second-order valence-electron chi connectivity index (χ2n) is 4.56. The number of amides is 1. The SMILES string of the molecule is Cc1cccc(C(=O)N(C)Cc2nccn2C(F)F)c1. The fourth-order valence-electron chi connectivity index (χ4n) is 1.93. The number of rotatable bonds is 4. The molecule has 0 bridgehead atoms. The number of halogens is 2. The molecule has 1 amide bonds. The summed E-state index contributed by atoms with van der Waals surface area (Å²) in [6, 6.07) is 7.14. The lowest BCUT2D eigenvalue weighted by atomic mass is 10.1. The molecule has 0 radical (unpaired) electrons. The number of carbonyl (C=O) groups excluding carboxylic acids is 1. The lowest BCUT2D eigenvalue weighted by molar-refractivity contribution is 0.0612. The van der Waals surface area contributed by atoms with E-state index < -0.39 is 6.55 Å². The molecular weight excluding hydrogens is 264 g/mol. The topological polar surface area (TPSA) is 38.1 Å². The van der Waals surface area contributed by atoms with E-state index in [2.05, 4.69) is 4.98 Å². The van der Waals surface area contributed by atoms with Gasteiger partial charge in [-0.05, 0) is 19.1 Å². The van der Waals surface area contributed by atoms with Gasteiger partial charge in [0.25, 0.3) is 5.91 Å². The molecule has 0 spiro atoms. The Kier molecular flexibility index (Phi) is 4.12. The van der Waals surface area contributed by atoms with Crippen molar-refractivity contribution in [2.75, 3.05) is 7.05 Å². The molecule has 0 saturated carbocycles. The van der Waals surface area contributed by atoms with Gasteiger partial charge < -0.3 is 4.90 Å². The van der Waals surface area contributed by atoms with Crippen molar-refractivity contribution in [2.45, 2.75) is 20.0 Å². The van der Waals surface area contributed by atoms with Gasteiger partial charge in [0.1, 0.15) is 5.82 Å². The van der Waals surface area contributed by atoms with Gasteiger partial charge >= 0.3 is 6.55 Å². The molecule has 0 atom stereocenters. The smallest absolute Gasteiger partial charge is 0.319 e. The van der Waals surface area contributed by atoms with Crippen molar-refractivity contribution < 1.29 is 13.6 Å². The number of imidazole rings is 1. The third-order valence-electron chi connectivity index (χ3n) is 2.95. The summed E-state index contributed by atoms with van der Waals surface area (Å²) in [6.45, 7) is -0.736. The summed E-state index contributed by atoms with van der Waals surface area (Å²) in [4.78, 5) is 17.4. The number of alkyl halides is 2. The van der Waals surface area contributed by atoms with Crippen molar-refractivity contribution in [2.24, 2.45) is 0 Å². The van der Waals surface area contributed by atoms with E-state index in [-0.39, 0.29) is 18.3 Å². The maximum Gasteiger partial charge on any atom is 0.319 e. The first-order chi connectivity index (χ1) is 9.49. The van der Waals surface area contributed by atoms with E-state index in [4.69, 9.17) is 0 Å². The number of nitrogens with zero attached hydrogens (tertiary/aromatic N) is 3. The quantitative estimate of drug-likeness (QED) is 0.863. The van der Waals surface area contributed by atoms with Crippen molar-refractivity contribution in [1.29, 1.82) is 0 Å². The Bertz CT molecular complexity index is 610. The monoisotopic (exact) mass is 279 g/mol. The Balaban J connectivity index is 2.14. The van der Waals surface area contributed by atoms with Crippen LogP contribution < -0.4 is 0 Å². The predicted octanol–water partition coefficient (Wildman–Crippen LogP) is 2.86. The summed E-state index contributed by atoms with van der Waals surface area (Å²) < 4.78 is 26.2. The van der Waals surface area contributed by atoms with Crippen LogP contribution in [-0.4, -0.2) is 27.4 Å². The number of hydrogen-bond donors (Lipinski definition) is 0. The molecule has 0 aliphatic rings. The molecule has 106 valence electrons. The third-order valence-corrected chi connectivity index (χ3v) is 2.95. The van der Waals surface area contributed by atoms with Crippen molar-refractivity contribution in [1.82, 2.24) is 14.5 Å². The number of aryl methyl sites for hydroxylation is 1. The molecule has 0 aliphatic heterocycles. The zero-order valence-electron chi connectivity index (χ0n) is 11.3. The summed E-state index contributed by atoms with van der Waals surface area (Å²) in [5.74, 6) is -0.0685. The van der Waals surface area contributed by atoms with E-state index in [1.165, 1.54) is 17.3 Å². The van der Waals surface area contributed by atoms with Crippen LogP contribution in [0.3, 0.4) is 0 Å². The summed E-state index contributed by atoms with van der Waals surface area (Å²) in [6.07, 6.45) is 2.50. The third kappa shape index (κ3) is 3.01. The van der Waals surface area contributed by atoms with Gasteiger partial charge in [-0.1, -0.05) is 17.7 Å². The Morgan fingerprint density at radius 1 is 1.45 bits per heavy atom. The normalized spacial score (nSPS) is 10.8. The van der Waals surface area contributed by atoms with Gasteiger partial charge in [0, 0.05) is 25.0 Å². The highest BCUT2D eigenvalue weighted by molar-refractivity contribution is 5.94. The van der Waals surface area contributed by atoms with E-state index in [0.717, 1.165) is 10.1 Å². The van der Waals surface area contributed by atoms with Gasteiger partial charge in [-0.2, -0.15) is 8.78 Å². The summed E-state index contributed by atoms with van der Waals surface area (Å²) in [5, 5.41) is 0. The fraction of sp³-hybridized carbons (Fsp3) is 0.286. The molecule has 1 heterocycles. The molecule has 0 aliphatic carbocycles. The second-order valence-corrected chi connectivity index (χ2v) is 4.56. The van der Waals surface area contributed by atoms with Crippen molar-refractivity contribution >= 4 is 5.91 Å².